The molecular formula is C15H19FN2O3. The second-order valence-corrected chi connectivity index (χ2v) is 5.66. The smallest absolute Gasteiger partial charge is 0.329 e. The molecule has 2 rings (SSSR count). The first-order chi connectivity index (χ1) is 9.83. The quantitative estimate of drug-likeness (QED) is 0.780. The number of urea groups is 1. The van der Waals surface area contributed by atoms with E-state index in [0.717, 1.165) is 12.8 Å². The molecule has 1 aliphatic rings. The van der Waals surface area contributed by atoms with Crippen LogP contribution in [0, 0.1) is 11.7 Å². The molecule has 1 saturated carbocycles. The van der Waals surface area contributed by atoms with E-state index in [1.165, 1.54) is 19.1 Å². The molecule has 1 fully saturated rings. The van der Waals surface area contributed by atoms with Crippen molar-refractivity contribution in [3.05, 3.63) is 35.6 Å². The molecule has 1 aromatic carbocycles. The summed E-state index contributed by atoms with van der Waals surface area (Å²) in [5.74, 6) is -1.46. The Hall–Kier alpha value is -2.11. The zero-order valence-electron chi connectivity index (χ0n) is 12.0. The number of nitrogens with one attached hydrogen (secondary N) is 2. The first-order valence-electron chi connectivity index (χ1n) is 6.90. The molecule has 0 bridgehead atoms. The van der Waals surface area contributed by atoms with Gasteiger partial charge in [0.1, 0.15) is 11.4 Å². The predicted molar refractivity (Wildman–Crippen MR) is 75.2 cm³/mol. The molecule has 1 aromatic rings. The highest BCUT2D eigenvalue weighted by Gasteiger charge is 2.48. The Bertz CT molecular complexity index is 560. The number of carboxylic acid groups (broad SMARTS) is 1. The normalized spacial score (nSPS) is 18.4. The zero-order chi connectivity index (χ0) is 15.6. The van der Waals surface area contributed by atoms with Gasteiger partial charge in [-0.25, -0.2) is 14.0 Å². The van der Waals surface area contributed by atoms with E-state index < -0.39 is 23.6 Å². The third-order valence-corrected chi connectivity index (χ3v) is 3.91. The van der Waals surface area contributed by atoms with Crippen molar-refractivity contribution in [1.82, 2.24) is 10.6 Å². The van der Waals surface area contributed by atoms with Gasteiger partial charge >= 0.3 is 12.0 Å². The molecule has 0 heterocycles. The number of rotatable bonds is 5. The standard InChI is InChI=1S/C15H19FN2O3/c1-9(10-4-3-5-12(16)8-10)17-14(21)18-15(2,13(19)20)11-6-7-11/h3-5,8-9,11H,6-7H2,1-2H3,(H,19,20)(H2,17,18,21). The second-order valence-electron chi connectivity index (χ2n) is 5.66. The summed E-state index contributed by atoms with van der Waals surface area (Å²) in [6, 6.07) is 4.94. The van der Waals surface area contributed by atoms with E-state index >= 15 is 0 Å². The fourth-order valence-electron chi connectivity index (χ4n) is 2.32. The highest BCUT2D eigenvalue weighted by molar-refractivity contribution is 5.86. The molecule has 0 aliphatic heterocycles. The Kier molecular flexibility index (Phi) is 4.16. The number of carbonyl (C=O) groups is 2. The molecule has 2 atom stereocenters. The number of hydrogen-bond acceptors (Lipinski definition) is 2. The fourth-order valence-corrected chi connectivity index (χ4v) is 2.32. The first kappa shape index (κ1) is 15.3. The van der Waals surface area contributed by atoms with Crippen LogP contribution in [0.2, 0.25) is 0 Å². The van der Waals surface area contributed by atoms with Crippen LogP contribution >= 0.6 is 0 Å². The van der Waals surface area contributed by atoms with Crippen molar-refractivity contribution in [2.45, 2.75) is 38.3 Å². The lowest BCUT2D eigenvalue weighted by Crippen LogP contribution is -2.56. The van der Waals surface area contributed by atoms with E-state index in [1.807, 2.05) is 0 Å². The van der Waals surface area contributed by atoms with Crippen LogP contribution in [0.4, 0.5) is 9.18 Å². The number of hydrogen-bond donors (Lipinski definition) is 3. The lowest BCUT2D eigenvalue weighted by molar-refractivity contribution is -0.144. The Balaban J connectivity index is 1.99. The van der Waals surface area contributed by atoms with Gasteiger partial charge in [0.15, 0.2) is 0 Å². The van der Waals surface area contributed by atoms with E-state index in [2.05, 4.69) is 10.6 Å². The van der Waals surface area contributed by atoms with E-state index in [-0.39, 0.29) is 11.7 Å². The van der Waals surface area contributed by atoms with Crippen molar-refractivity contribution in [1.29, 1.82) is 0 Å². The summed E-state index contributed by atoms with van der Waals surface area (Å²) >= 11 is 0. The minimum absolute atomic E-state index is 0.0368. The van der Waals surface area contributed by atoms with Crippen LogP contribution in [0.15, 0.2) is 24.3 Å². The number of benzene rings is 1. The molecule has 0 spiro atoms. The first-order valence-corrected chi connectivity index (χ1v) is 6.90. The van der Waals surface area contributed by atoms with Crippen molar-refractivity contribution < 1.29 is 19.1 Å². The molecule has 0 radical (unpaired) electrons. The van der Waals surface area contributed by atoms with Gasteiger partial charge < -0.3 is 15.7 Å². The molecule has 2 amide bonds. The molecule has 1 aliphatic carbocycles. The number of carboxylic acids is 1. The largest absolute Gasteiger partial charge is 0.480 e. The number of amides is 2. The van der Waals surface area contributed by atoms with Gasteiger partial charge in [0.05, 0.1) is 6.04 Å². The summed E-state index contributed by atoms with van der Waals surface area (Å²) in [4.78, 5) is 23.3. The van der Waals surface area contributed by atoms with Crippen LogP contribution in [-0.4, -0.2) is 22.6 Å². The van der Waals surface area contributed by atoms with Gasteiger partial charge in [-0.1, -0.05) is 12.1 Å². The molecule has 21 heavy (non-hydrogen) atoms. The minimum atomic E-state index is -1.26. The molecule has 2 unspecified atom stereocenters. The van der Waals surface area contributed by atoms with E-state index in [9.17, 15) is 19.1 Å². The molecular weight excluding hydrogens is 275 g/mol. The maximum absolute atomic E-state index is 13.1. The van der Waals surface area contributed by atoms with Crippen LogP contribution in [0.25, 0.3) is 0 Å². The molecule has 0 saturated heterocycles. The van der Waals surface area contributed by atoms with Gasteiger partial charge in [-0.3, -0.25) is 0 Å². The average Bonchev–Trinajstić information content (AvgIpc) is 3.22. The Morgan fingerprint density at radius 2 is 2.10 bits per heavy atom. The highest BCUT2D eigenvalue weighted by Crippen LogP contribution is 2.39. The molecule has 114 valence electrons. The van der Waals surface area contributed by atoms with Crippen LogP contribution < -0.4 is 10.6 Å². The molecule has 3 N–H and O–H groups in total. The van der Waals surface area contributed by atoms with E-state index in [1.54, 1.807) is 19.1 Å². The lowest BCUT2D eigenvalue weighted by Gasteiger charge is -2.27. The van der Waals surface area contributed by atoms with Crippen LogP contribution in [-0.2, 0) is 4.79 Å². The Morgan fingerprint density at radius 3 is 2.62 bits per heavy atom. The van der Waals surface area contributed by atoms with Crippen LogP contribution in [0.3, 0.4) is 0 Å². The van der Waals surface area contributed by atoms with Gasteiger partial charge in [0, 0.05) is 0 Å². The van der Waals surface area contributed by atoms with Crippen molar-refractivity contribution in [3.8, 4) is 0 Å². The number of aliphatic carboxylic acids is 1. The molecule has 5 nitrogen and oxygen atoms in total. The van der Waals surface area contributed by atoms with Gasteiger partial charge in [0.25, 0.3) is 0 Å². The van der Waals surface area contributed by atoms with Crippen LogP contribution in [0.1, 0.15) is 38.3 Å². The Labute approximate surface area is 122 Å². The topological polar surface area (TPSA) is 78.4 Å². The summed E-state index contributed by atoms with van der Waals surface area (Å²) in [5.41, 5.74) is -0.639. The van der Waals surface area contributed by atoms with Crippen LogP contribution in [0.5, 0.6) is 0 Å². The highest BCUT2D eigenvalue weighted by atomic mass is 19.1. The maximum atomic E-state index is 13.1. The fraction of sp³-hybridized carbons (Fsp3) is 0.467. The van der Waals surface area contributed by atoms with E-state index in [0.29, 0.717) is 5.56 Å². The third-order valence-electron chi connectivity index (χ3n) is 3.91. The van der Waals surface area contributed by atoms with Gasteiger partial charge in [-0.05, 0) is 50.3 Å². The zero-order valence-corrected chi connectivity index (χ0v) is 12.0. The number of halogens is 1. The average molecular weight is 294 g/mol. The summed E-state index contributed by atoms with van der Waals surface area (Å²) in [5, 5.41) is 14.5. The third kappa shape index (κ3) is 3.51. The predicted octanol–water partition coefficient (Wildman–Crippen LogP) is 2.44. The van der Waals surface area contributed by atoms with Gasteiger partial charge in [-0.2, -0.15) is 0 Å². The maximum Gasteiger partial charge on any atom is 0.329 e. The van der Waals surface area contributed by atoms with Gasteiger partial charge in [0.2, 0.25) is 0 Å². The van der Waals surface area contributed by atoms with Crippen molar-refractivity contribution in [2.24, 2.45) is 5.92 Å². The molecule has 6 heteroatoms. The van der Waals surface area contributed by atoms with Crippen molar-refractivity contribution >= 4 is 12.0 Å². The summed E-state index contributed by atoms with van der Waals surface area (Å²) < 4.78 is 13.1. The summed E-state index contributed by atoms with van der Waals surface area (Å²) in [6.45, 7) is 3.23. The van der Waals surface area contributed by atoms with Crippen molar-refractivity contribution in [3.63, 3.8) is 0 Å². The SMILES string of the molecule is CC(NC(=O)NC(C)(C(=O)O)C1CC1)c1cccc(F)c1. The van der Waals surface area contributed by atoms with Crippen molar-refractivity contribution in [2.75, 3.05) is 0 Å². The monoisotopic (exact) mass is 294 g/mol. The van der Waals surface area contributed by atoms with E-state index in [4.69, 9.17) is 0 Å². The molecule has 0 aromatic heterocycles. The Morgan fingerprint density at radius 1 is 1.43 bits per heavy atom. The summed E-state index contributed by atoms with van der Waals surface area (Å²) in [7, 11) is 0. The minimum Gasteiger partial charge on any atom is -0.480 e. The summed E-state index contributed by atoms with van der Waals surface area (Å²) in [6.07, 6.45) is 1.59. The lowest BCUT2D eigenvalue weighted by atomic mass is 9.96. The number of carbonyl (C=O) groups excluding carboxylic acids is 1. The second kappa shape index (κ2) is 5.71. The van der Waals surface area contributed by atoms with Gasteiger partial charge in [-0.15, -0.1) is 0 Å².